The first-order chi connectivity index (χ1) is 12.2. The van der Waals surface area contributed by atoms with Crippen LogP contribution in [0.15, 0.2) is 29.1 Å². The molecule has 2 aromatic rings. The summed E-state index contributed by atoms with van der Waals surface area (Å²) in [5, 5.41) is 0.666. The summed E-state index contributed by atoms with van der Waals surface area (Å²) in [7, 11) is 2.15. The molecule has 0 aliphatic carbocycles. The zero-order valence-electron chi connectivity index (χ0n) is 15.1. The Morgan fingerprint density at radius 1 is 1.20 bits per heavy atom. The highest BCUT2D eigenvalue weighted by Gasteiger charge is 2.33. The molecule has 0 spiro atoms. The summed E-state index contributed by atoms with van der Waals surface area (Å²) in [5.41, 5.74) is 0.746. The molecule has 2 aliphatic rings. The van der Waals surface area contributed by atoms with Crippen molar-refractivity contribution < 1.29 is 0 Å². The molecule has 134 valence electrons. The minimum Gasteiger partial charge on any atom is -0.309 e. The molecule has 0 unspecified atom stereocenters. The second kappa shape index (κ2) is 7.26. The Labute approximate surface area is 149 Å². The summed E-state index contributed by atoms with van der Waals surface area (Å²) < 4.78 is 0. The lowest BCUT2D eigenvalue weighted by molar-refractivity contribution is 0.0431. The summed E-state index contributed by atoms with van der Waals surface area (Å²) >= 11 is 0. The van der Waals surface area contributed by atoms with Crippen molar-refractivity contribution in [3.8, 4) is 0 Å². The molecule has 1 aromatic heterocycles. The lowest BCUT2D eigenvalue weighted by Gasteiger charge is -2.45. The number of nitrogens with zero attached hydrogens (tertiary/aromatic N) is 3. The molecule has 0 bridgehead atoms. The average Bonchev–Trinajstić information content (AvgIpc) is 2.62. The number of benzene rings is 1. The van der Waals surface area contributed by atoms with Gasteiger partial charge in [0.2, 0.25) is 0 Å². The molecule has 25 heavy (non-hydrogen) atoms. The minimum atomic E-state index is -0.0369. The molecular formula is C20H28N4O. The fourth-order valence-electron chi connectivity index (χ4n) is 4.72. The van der Waals surface area contributed by atoms with Crippen molar-refractivity contribution in [3.63, 3.8) is 0 Å². The van der Waals surface area contributed by atoms with E-state index in [2.05, 4.69) is 26.8 Å². The van der Waals surface area contributed by atoms with Gasteiger partial charge in [0.05, 0.1) is 17.4 Å². The number of para-hydroxylation sites is 1. The van der Waals surface area contributed by atoms with E-state index in [-0.39, 0.29) is 5.56 Å². The van der Waals surface area contributed by atoms with Crippen molar-refractivity contribution in [2.24, 2.45) is 5.92 Å². The summed E-state index contributed by atoms with van der Waals surface area (Å²) in [5.74, 6) is 1.51. The SMILES string of the molecule is CN(Cc1nc2ccccc2c(=O)[nH]1)C[C@@H]1CCCN2CCCC[C@H]12. The number of nitrogens with one attached hydrogen (secondary N) is 1. The van der Waals surface area contributed by atoms with Crippen LogP contribution in [0.3, 0.4) is 0 Å². The predicted octanol–water partition coefficient (Wildman–Crippen LogP) is 2.62. The lowest BCUT2D eigenvalue weighted by atomic mass is 9.83. The quantitative estimate of drug-likeness (QED) is 0.930. The van der Waals surface area contributed by atoms with Crippen LogP contribution in [0.4, 0.5) is 0 Å². The molecule has 1 N–H and O–H groups in total. The third kappa shape index (κ3) is 3.62. The van der Waals surface area contributed by atoms with E-state index in [0.29, 0.717) is 11.9 Å². The van der Waals surface area contributed by atoms with Crippen molar-refractivity contribution in [2.45, 2.75) is 44.7 Å². The van der Waals surface area contributed by atoms with E-state index in [1.54, 1.807) is 0 Å². The first kappa shape index (κ1) is 16.7. The summed E-state index contributed by atoms with van der Waals surface area (Å²) in [6.07, 6.45) is 6.74. The van der Waals surface area contributed by atoms with Crippen LogP contribution in [-0.2, 0) is 6.54 Å². The number of hydrogen-bond acceptors (Lipinski definition) is 4. The predicted molar refractivity (Wildman–Crippen MR) is 101 cm³/mol. The van der Waals surface area contributed by atoms with Gasteiger partial charge in [0.15, 0.2) is 0 Å². The van der Waals surface area contributed by atoms with E-state index in [9.17, 15) is 4.79 Å². The van der Waals surface area contributed by atoms with Crippen LogP contribution in [0.5, 0.6) is 0 Å². The maximum absolute atomic E-state index is 12.2. The second-order valence-corrected chi connectivity index (χ2v) is 7.73. The molecule has 3 heterocycles. The Bertz CT molecular complexity index is 785. The average molecular weight is 340 g/mol. The zero-order valence-corrected chi connectivity index (χ0v) is 15.1. The Balaban J connectivity index is 1.45. The molecule has 5 heteroatoms. The maximum atomic E-state index is 12.2. The summed E-state index contributed by atoms with van der Waals surface area (Å²) in [4.78, 5) is 24.9. The van der Waals surface area contributed by atoms with Crippen molar-refractivity contribution >= 4 is 10.9 Å². The molecule has 4 rings (SSSR count). The van der Waals surface area contributed by atoms with Crippen LogP contribution >= 0.6 is 0 Å². The number of aromatic amines is 1. The molecule has 0 amide bonds. The van der Waals surface area contributed by atoms with Crippen molar-refractivity contribution in [1.82, 2.24) is 19.8 Å². The summed E-state index contributed by atoms with van der Waals surface area (Å²) in [6, 6.07) is 8.31. The Morgan fingerprint density at radius 2 is 2.04 bits per heavy atom. The Kier molecular flexibility index (Phi) is 4.86. The van der Waals surface area contributed by atoms with Gasteiger partial charge in [-0.1, -0.05) is 18.6 Å². The van der Waals surface area contributed by atoms with E-state index in [0.717, 1.165) is 29.8 Å². The molecule has 5 nitrogen and oxygen atoms in total. The smallest absolute Gasteiger partial charge is 0.258 e. The molecule has 2 fully saturated rings. The number of aromatic nitrogens is 2. The van der Waals surface area contributed by atoms with Crippen LogP contribution in [0.2, 0.25) is 0 Å². The normalized spacial score (nSPS) is 24.6. The fourth-order valence-corrected chi connectivity index (χ4v) is 4.72. The largest absolute Gasteiger partial charge is 0.309 e. The maximum Gasteiger partial charge on any atom is 0.258 e. The van der Waals surface area contributed by atoms with Gasteiger partial charge in [-0.15, -0.1) is 0 Å². The summed E-state index contributed by atoms with van der Waals surface area (Å²) in [6.45, 7) is 4.34. The highest BCUT2D eigenvalue weighted by molar-refractivity contribution is 5.77. The topological polar surface area (TPSA) is 52.2 Å². The van der Waals surface area contributed by atoms with E-state index in [1.165, 1.54) is 45.2 Å². The van der Waals surface area contributed by atoms with Gasteiger partial charge in [0.25, 0.3) is 5.56 Å². The standard InChI is InChI=1S/C20H28N4O/c1-23(13-15-7-6-12-24-11-5-4-10-18(15)24)14-19-21-17-9-3-2-8-16(17)20(25)22-19/h2-3,8-9,15,18H,4-7,10-14H2,1H3,(H,21,22,25)/t15-,18+/m0/s1. The first-order valence-corrected chi connectivity index (χ1v) is 9.61. The molecule has 2 saturated heterocycles. The van der Waals surface area contributed by atoms with Crippen molar-refractivity contribution in [1.29, 1.82) is 0 Å². The molecule has 2 aliphatic heterocycles. The van der Waals surface area contributed by atoms with Crippen molar-refractivity contribution in [3.05, 3.63) is 40.4 Å². The van der Waals surface area contributed by atoms with Crippen LogP contribution < -0.4 is 5.56 Å². The van der Waals surface area contributed by atoms with E-state index in [4.69, 9.17) is 0 Å². The number of H-pyrrole nitrogens is 1. The van der Waals surface area contributed by atoms with Crippen molar-refractivity contribution in [2.75, 3.05) is 26.7 Å². The van der Waals surface area contributed by atoms with E-state index < -0.39 is 0 Å². The third-order valence-electron chi connectivity index (χ3n) is 5.86. The number of hydrogen-bond donors (Lipinski definition) is 1. The van der Waals surface area contributed by atoms with Crippen LogP contribution in [0, 0.1) is 5.92 Å². The Morgan fingerprint density at radius 3 is 2.96 bits per heavy atom. The van der Waals surface area contributed by atoms with Gasteiger partial charge in [0.1, 0.15) is 5.82 Å². The number of rotatable bonds is 4. The molecular weight excluding hydrogens is 312 g/mol. The van der Waals surface area contributed by atoms with E-state index >= 15 is 0 Å². The number of piperidine rings is 2. The monoisotopic (exact) mass is 340 g/mol. The first-order valence-electron chi connectivity index (χ1n) is 9.61. The number of fused-ring (bicyclic) bond motifs is 2. The van der Waals surface area contributed by atoms with Gasteiger partial charge in [-0.3, -0.25) is 9.69 Å². The third-order valence-corrected chi connectivity index (χ3v) is 5.86. The second-order valence-electron chi connectivity index (χ2n) is 7.73. The zero-order chi connectivity index (χ0) is 17.2. The van der Waals surface area contributed by atoms with Gasteiger partial charge in [-0.05, 0) is 63.9 Å². The van der Waals surface area contributed by atoms with Crippen LogP contribution in [0.1, 0.15) is 37.9 Å². The lowest BCUT2D eigenvalue weighted by Crippen LogP contribution is -2.50. The van der Waals surface area contributed by atoms with Gasteiger partial charge in [0, 0.05) is 12.6 Å². The van der Waals surface area contributed by atoms with Gasteiger partial charge in [-0.25, -0.2) is 4.98 Å². The van der Waals surface area contributed by atoms with Gasteiger partial charge in [-0.2, -0.15) is 0 Å². The fraction of sp³-hybridized carbons (Fsp3) is 0.600. The van der Waals surface area contributed by atoms with E-state index in [1.807, 2.05) is 24.3 Å². The molecule has 0 radical (unpaired) electrons. The Hall–Kier alpha value is -1.72. The van der Waals surface area contributed by atoms with Gasteiger partial charge >= 0.3 is 0 Å². The van der Waals surface area contributed by atoms with Crippen LogP contribution in [-0.4, -0.2) is 52.5 Å². The molecule has 2 atom stereocenters. The van der Waals surface area contributed by atoms with Crippen LogP contribution in [0.25, 0.3) is 10.9 Å². The minimum absolute atomic E-state index is 0.0369. The molecule has 0 saturated carbocycles. The highest BCUT2D eigenvalue weighted by Crippen LogP contribution is 2.31. The van der Waals surface area contributed by atoms with Gasteiger partial charge < -0.3 is 9.88 Å². The molecule has 1 aromatic carbocycles. The highest BCUT2D eigenvalue weighted by atomic mass is 16.1.